The first kappa shape index (κ1) is 14.0. The maximum absolute atomic E-state index is 13.0. The smallest absolute Gasteiger partial charge is 0.221 e. The van der Waals surface area contributed by atoms with Gasteiger partial charge < -0.3 is 10.6 Å². The third-order valence-corrected chi connectivity index (χ3v) is 2.62. The molecule has 20 heavy (non-hydrogen) atoms. The second-order valence-electron chi connectivity index (χ2n) is 4.39. The van der Waals surface area contributed by atoms with Crippen molar-refractivity contribution >= 4 is 17.3 Å². The Hall–Kier alpha value is -2.43. The van der Waals surface area contributed by atoms with Crippen LogP contribution in [-0.2, 0) is 11.3 Å². The quantitative estimate of drug-likeness (QED) is 0.896. The van der Waals surface area contributed by atoms with Crippen molar-refractivity contribution in [3.05, 3.63) is 59.7 Å². The molecule has 0 radical (unpaired) electrons. The summed E-state index contributed by atoms with van der Waals surface area (Å²) in [4.78, 5) is 10.9. The number of rotatable bonds is 4. The van der Waals surface area contributed by atoms with E-state index in [1.54, 1.807) is 24.3 Å². The topological polar surface area (TPSA) is 41.1 Å². The van der Waals surface area contributed by atoms with E-state index < -0.39 is 11.6 Å². The SMILES string of the molecule is CC(=O)Nc1ccc(NCc2cc(F)cc(F)c2)cc1. The first-order valence-corrected chi connectivity index (χ1v) is 6.09. The maximum atomic E-state index is 13.0. The van der Waals surface area contributed by atoms with Crippen LogP contribution in [0.25, 0.3) is 0 Å². The molecule has 0 aliphatic rings. The van der Waals surface area contributed by atoms with E-state index in [0.29, 0.717) is 17.8 Å². The molecule has 0 saturated heterocycles. The average molecular weight is 276 g/mol. The molecule has 5 heteroatoms. The summed E-state index contributed by atoms with van der Waals surface area (Å²) < 4.78 is 26.0. The lowest BCUT2D eigenvalue weighted by atomic mass is 10.2. The zero-order valence-corrected chi connectivity index (χ0v) is 10.9. The highest BCUT2D eigenvalue weighted by atomic mass is 19.1. The largest absolute Gasteiger partial charge is 0.381 e. The molecule has 0 unspecified atom stereocenters. The third-order valence-electron chi connectivity index (χ3n) is 2.62. The molecule has 0 aliphatic carbocycles. The summed E-state index contributed by atoms with van der Waals surface area (Å²) in [6.45, 7) is 1.75. The number of halogens is 2. The lowest BCUT2D eigenvalue weighted by Gasteiger charge is -2.08. The number of hydrogen-bond donors (Lipinski definition) is 2. The molecule has 0 aromatic heterocycles. The highest BCUT2D eigenvalue weighted by Crippen LogP contribution is 2.15. The fourth-order valence-corrected chi connectivity index (χ4v) is 1.79. The predicted molar refractivity (Wildman–Crippen MR) is 74.4 cm³/mol. The van der Waals surface area contributed by atoms with Crippen LogP contribution in [-0.4, -0.2) is 5.91 Å². The van der Waals surface area contributed by atoms with Crippen molar-refractivity contribution in [2.75, 3.05) is 10.6 Å². The van der Waals surface area contributed by atoms with Gasteiger partial charge in [0.05, 0.1) is 0 Å². The van der Waals surface area contributed by atoms with Gasteiger partial charge in [0.2, 0.25) is 5.91 Å². The molecule has 3 nitrogen and oxygen atoms in total. The van der Waals surface area contributed by atoms with Crippen molar-refractivity contribution in [2.24, 2.45) is 0 Å². The molecule has 0 saturated carbocycles. The third kappa shape index (κ3) is 4.05. The van der Waals surface area contributed by atoms with Crippen molar-refractivity contribution in [3.8, 4) is 0 Å². The summed E-state index contributed by atoms with van der Waals surface area (Å²) in [5.41, 5.74) is 2.01. The van der Waals surface area contributed by atoms with Crippen molar-refractivity contribution in [1.82, 2.24) is 0 Å². The molecule has 104 valence electrons. The second kappa shape index (κ2) is 6.14. The van der Waals surface area contributed by atoms with Crippen LogP contribution < -0.4 is 10.6 Å². The number of amides is 1. The Labute approximate surface area is 115 Å². The normalized spacial score (nSPS) is 10.2. The molecule has 0 heterocycles. The van der Waals surface area contributed by atoms with Crippen LogP contribution in [0.2, 0.25) is 0 Å². The summed E-state index contributed by atoms with van der Waals surface area (Å²) >= 11 is 0. The predicted octanol–water partition coefficient (Wildman–Crippen LogP) is 3.54. The standard InChI is InChI=1S/C15H14F2N2O/c1-10(20)19-15-4-2-14(3-5-15)18-9-11-6-12(16)8-13(17)7-11/h2-8,18H,9H2,1H3,(H,19,20). The molecule has 0 aliphatic heterocycles. The van der Waals surface area contributed by atoms with Crippen LogP contribution in [0.15, 0.2) is 42.5 Å². The Kier molecular flexibility index (Phi) is 4.30. The number of hydrogen-bond acceptors (Lipinski definition) is 2. The van der Waals surface area contributed by atoms with Crippen molar-refractivity contribution in [2.45, 2.75) is 13.5 Å². The minimum absolute atomic E-state index is 0.138. The molecule has 0 spiro atoms. The van der Waals surface area contributed by atoms with Gasteiger partial charge >= 0.3 is 0 Å². The van der Waals surface area contributed by atoms with Gasteiger partial charge in [-0.2, -0.15) is 0 Å². The fourth-order valence-electron chi connectivity index (χ4n) is 1.79. The molecule has 2 aromatic rings. The lowest BCUT2D eigenvalue weighted by Crippen LogP contribution is -2.05. The zero-order chi connectivity index (χ0) is 14.5. The summed E-state index contributed by atoms with van der Waals surface area (Å²) in [6, 6.07) is 10.4. The van der Waals surface area contributed by atoms with E-state index in [0.717, 1.165) is 11.8 Å². The maximum Gasteiger partial charge on any atom is 0.221 e. The summed E-state index contributed by atoms with van der Waals surface area (Å²) in [5, 5.41) is 5.70. The Balaban J connectivity index is 1.98. The van der Waals surface area contributed by atoms with Gasteiger partial charge in [0.15, 0.2) is 0 Å². The van der Waals surface area contributed by atoms with Crippen LogP contribution in [0.5, 0.6) is 0 Å². The van der Waals surface area contributed by atoms with Gasteiger partial charge in [-0.05, 0) is 42.0 Å². The molecule has 1 amide bonds. The highest BCUT2D eigenvalue weighted by Gasteiger charge is 2.01. The minimum Gasteiger partial charge on any atom is -0.381 e. The average Bonchev–Trinajstić information content (AvgIpc) is 2.36. The van der Waals surface area contributed by atoms with E-state index in [9.17, 15) is 13.6 Å². The van der Waals surface area contributed by atoms with E-state index >= 15 is 0 Å². The Morgan fingerprint density at radius 3 is 2.10 bits per heavy atom. The molecular weight excluding hydrogens is 262 g/mol. The number of nitrogens with one attached hydrogen (secondary N) is 2. The lowest BCUT2D eigenvalue weighted by molar-refractivity contribution is -0.114. The van der Waals surface area contributed by atoms with Gasteiger partial charge in [-0.3, -0.25) is 4.79 Å². The fraction of sp³-hybridized carbons (Fsp3) is 0.133. The summed E-state index contributed by atoms with van der Waals surface area (Å²) in [6.07, 6.45) is 0. The van der Waals surface area contributed by atoms with Crippen LogP contribution in [0.4, 0.5) is 20.2 Å². The Morgan fingerprint density at radius 2 is 1.55 bits per heavy atom. The van der Waals surface area contributed by atoms with Gasteiger partial charge in [-0.15, -0.1) is 0 Å². The van der Waals surface area contributed by atoms with Crippen molar-refractivity contribution in [3.63, 3.8) is 0 Å². The van der Waals surface area contributed by atoms with E-state index in [1.165, 1.54) is 19.1 Å². The Morgan fingerprint density at radius 1 is 1.00 bits per heavy atom. The van der Waals surface area contributed by atoms with E-state index in [-0.39, 0.29) is 5.91 Å². The van der Waals surface area contributed by atoms with Crippen molar-refractivity contribution in [1.29, 1.82) is 0 Å². The summed E-state index contributed by atoms with van der Waals surface area (Å²) in [5.74, 6) is -1.33. The second-order valence-corrected chi connectivity index (χ2v) is 4.39. The summed E-state index contributed by atoms with van der Waals surface area (Å²) in [7, 11) is 0. The monoisotopic (exact) mass is 276 g/mol. The first-order chi connectivity index (χ1) is 9.52. The zero-order valence-electron chi connectivity index (χ0n) is 10.9. The minimum atomic E-state index is -0.595. The molecule has 2 aromatic carbocycles. The van der Waals surface area contributed by atoms with Gasteiger partial charge in [0, 0.05) is 30.9 Å². The number of benzene rings is 2. The molecule has 2 rings (SSSR count). The highest BCUT2D eigenvalue weighted by molar-refractivity contribution is 5.88. The van der Waals surface area contributed by atoms with Crippen LogP contribution in [0, 0.1) is 11.6 Å². The van der Waals surface area contributed by atoms with Crippen LogP contribution >= 0.6 is 0 Å². The first-order valence-electron chi connectivity index (χ1n) is 6.09. The van der Waals surface area contributed by atoms with Crippen LogP contribution in [0.3, 0.4) is 0 Å². The van der Waals surface area contributed by atoms with Crippen LogP contribution in [0.1, 0.15) is 12.5 Å². The van der Waals surface area contributed by atoms with E-state index in [1.807, 2.05) is 0 Å². The molecular formula is C15H14F2N2O. The molecule has 0 atom stereocenters. The van der Waals surface area contributed by atoms with E-state index in [4.69, 9.17) is 0 Å². The van der Waals surface area contributed by atoms with E-state index in [2.05, 4.69) is 10.6 Å². The molecule has 0 bridgehead atoms. The number of carbonyl (C=O) groups is 1. The number of anilines is 2. The van der Waals surface area contributed by atoms with Crippen molar-refractivity contribution < 1.29 is 13.6 Å². The molecule has 2 N–H and O–H groups in total. The van der Waals surface area contributed by atoms with Gasteiger partial charge in [0.25, 0.3) is 0 Å². The number of carbonyl (C=O) groups excluding carboxylic acids is 1. The Bertz CT molecular complexity index is 592. The van der Waals surface area contributed by atoms with Gasteiger partial charge in [0.1, 0.15) is 11.6 Å². The van der Waals surface area contributed by atoms with Gasteiger partial charge in [-0.1, -0.05) is 0 Å². The van der Waals surface area contributed by atoms with Gasteiger partial charge in [-0.25, -0.2) is 8.78 Å². The molecule has 0 fully saturated rings.